The predicted octanol–water partition coefficient (Wildman–Crippen LogP) is 0.663. The summed E-state index contributed by atoms with van der Waals surface area (Å²) in [6.45, 7) is 0.972. The van der Waals surface area contributed by atoms with E-state index >= 15 is 0 Å². The van der Waals surface area contributed by atoms with Crippen LogP contribution in [0.4, 0.5) is 0 Å². The highest BCUT2D eigenvalue weighted by atomic mass is 16.5. The molecule has 0 bridgehead atoms. The predicted molar refractivity (Wildman–Crippen MR) is 67.8 cm³/mol. The molecule has 0 spiro atoms. The molecule has 0 aliphatic carbocycles. The molecule has 1 atom stereocenters. The molecule has 0 aliphatic rings. The van der Waals surface area contributed by atoms with E-state index in [1.165, 1.54) is 0 Å². The summed E-state index contributed by atoms with van der Waals surface area (Å²) in [7, 11) is 1.62. The van der Waals surface area contributed by atoms with Gasteiger partial charge in [0, 0.05) is 6.54 Å². The van der Waals surface area contributed by atoms with Gasteiger partial charge in [0.05, 0.1) is 19.6 Å². The second-order valence-electron chi connectivity index (χ2n) is 4.06. The van der Waals surface area contributed by atoms with Gasteiger partial charge in [0.15, 0.2) is 0 Å². The smallest absolute Gasteiger partial charge is 0.306 e. The highest BCUT2D eigenvalue weighted by Gasteiger charge is 2.08. The van der Waals surface area contributed by atoms with Gasteiger partial charge in [-0.2, -0.15) is 0 Å². The Labute approximate surface area is 106 Å². The standard InChI is InChI=1S/C13H19NO4/c1-18-12-4-2-3-10(7-12)5-6-14-9-11(15)8-13(16)17/h2-4,7,11,14-15H,5-6,8-9H2,1H3,(H,16,17). The third kappa shape index (κ3) is 5.65. The molecule has 0 fully saturated rings. The number of methoxy groups -OCH3 is 1. The van der Waals surface area contributed by atoms with Crippen molar-refractivity contribution in [2.75, 3.05) is 20.2 Å². The van der Waals surface area contributed by atoms with Crippen molar-refractivity contribution in [2.24, 2.45) is 0 Å². The maximum absolute atomic E-state index is 10.3. The van der Waals surface area contributed by atoms with Crippen LogP contribution >= 0.6 is 0 Å². The Bertz CT molecular complexity index is 381. The first-order valence-corrected chi connectivity index (χ1v) is 5.85. The first kappa shape index (κ1) is 14.5. The van der Waals surface area contributed by atoms with Gasteiger partial charge in [0.25, 0.3) is 0 Å². The molecule has 5 heteroatoms. The number of carbonyl (C=O) groups is 1. The van der Waals surface area contributed by atoms with Crippen molar-refractivity contribution in [3.05, 3.63) is 29.8 Å². The first-order valence-electron chi connectivity index (χ1n) is 5.85. The Morgan fingerprint density at radius 2 is 2.28 bits per heavy atom. The highest BCUT2D eigenvalue weighted by molar-refractivity contribution is 5.67. The average molecular weight is 253 g/mol. The number of hydrogen-bond donors (Lipinski definition) is 3. The zero-order chi connectivity index (χ0) is 13.4. The minimum Gasteiger partial charge on any atom is -0.497 e. The van der Waals surface area contributed by atoms with Crippen LogP contribution in [0.25, 0.3) is 0 Å². The molecule has 5 nitrogen and oxygen atoms in total. The molecule has 0 heterocycles. The SMILES string of the molecule is COc1cccc(CCNCC(O)CC(=O)O)c1. The highest BCUT2D eigenvalue weighted by Crippen LogP contribution is 2.12. The van der Waals surface area contributed by atoms with Crippen LogP contribution in [0.5, 0.6) is 5.75 Å². The van der Waals surface area contributed by atoms with Crippen LogP contribution in [-0.2, 0) is 11.2 Å². The van der Waals surface area contributed by atoms with Gasteiger partial charge in [0.2, 0.25) is 0 Å². The molecule has 1 aromatic rings. The van der Waals surface area contributed by atoms with Gasteiger partial charge in [-0.3, -0.25) is 4.79 Å². The zero-order valence-corrected chi connectivity index (χ0v) is 10.4. The Morgan fingerprint density at radius 1 is 1.50 bits per heavy atom. The number of aliphatic hydroxyl groups is 1. The third-order valence-corrected chi connectivity index (χ3v) is 2.51. The van der Waals surface area contributed by atoms with E-state index < -0.39 is 12.1 Å². The van der Waals surface area contributed by atoms with E-state index in [9.17, 15) is 9.90 Å². The first-order chi connectivity index (χ1) is 8.61. The molecule has 1 aromatic carbocycles. The van der Waals surface area contributed by atoms with Crippen LogP contribution in [0.1, 0.15) is 12.0 Å². The maximum Gasteiger partial charge on any atom is 0.306 e. The van der Waals surface area contributed by atoms with Crippen molar-refractivity contribution in [2.45, 2.75) is 18.9 Å². The molecule has 100 valence electrons. The van der Waals surface area contributed by atoms with Crippen molar-refractivity contribution >= 4 is 5.97 Å². The number of ether oxygens (including phenoxy) is 1. The van der Waals surface area contributed by atoms with E-state index in [2.05, 4.69) is 5.32 Å². The van der Waals surface area contributed by atoms with E-state index in [1.54, 1.807) is 7.11 Å². The lowest BCUT2D eigenvalue weighted by molar-refractivity contribution is -0.139. The van der Waals surface area contributed by atoms with Gasteiger partial charge in [0.1, 0.15) is 5.75 Å². The van der Waals surface area contributed by atoms with Crippen LogP contribution in [0, 0.1) is 0 Å². The van der Waals surface area contributed by atoms with Crippen molar-refractivity contribution in [3.8, 4) is 5.75 Å². The number of aliphatic carboxylic acids is 1. The fourth-order valence-corrected chi connectivity index (χ4v) is 1.60. The minimum atomic E-state index is -0.989. The van der Waals surface area contributed by atoms with Gasteiger partial charge < -0.3 is 20.3 Å². The van der Waals surface area contributed by atoms with E-state index in [1.807, 2.05) is 24.3 Å². The number of hydrogen-bond acceptors (Lipinski definition) is 4. The molecule has 1 unspecified atom stereocenters. The Hall–Kier alpha value is -1.59. The minimum absolute atomic E-state index is 0.230. The third-order valence-electron chi connectivity index (χ3n) is 2.51. The molecule has 0 saturated heterocycles. The molecular weight excluding hydrogens is 234 g/mol. The van der Waals surface area contributed by atoms with Crippen molar-refractivity contribution in [1.29, 1.82) is 0 Å². The number of benzene rings is 1. The number of rotatable bonds is 8. The molecule has 18 heavy (non-hydrogen) atoms. The van der Waals surface area contributed by atoms with Crippen LogP contribution < -0.4 is 10.1 Å². The molecule has 0 radical (unpaired) electrons. The Balaban J connectivity index is 2.23. The van der Waals surface area contributed by atoms with E-state index in [-0.39, 0.29) is 13.0 Å². The van der Waals surface area contributed by atoms with Gasteiger partial charge in [-0.15, -0.1) is 0 Å². The van der Waals surface area contributed by atoms with Gasteiger partial charge >= 0.3 is 5.97 Å². The second-order valence-corrected chi connectivity index (χ2v) is 4.06. The summed E-state index contributed by atoms with van der Waals surface area (Å²) in [6, 6.07) is 7.76. The normalized spacial score (nSPS) is 12.1. The Kier molecular flexibility index (Phi) is 6.18. The topological polar surface area (TPSA) is 78.8 Å². The van der Waals surface area contributed by atoms with Crippen molar-refractivity contribution in [1.82, 2.24) is 5.32 Å². The van der Waals surface area contributed by atoms with Crippen molar-refractivity contribution in [3.63, 3.8) is 0 Å². The van der Waals surface area contributed by atoms with Crippen LogP contribution in [0.15, 0.2) is 24.3 Å². The van der Waals surface area contributed by atoms with Gasteiger partial charge in [-0.25, -0.2) is 0 Å². The fourth-order valence-electron chi connectivity index (χ4n) is 1.60. The quantitative estimate of drug-likeness (QED) is 0.593. The number of carboxylic acids is 1. The van der Waals surface area contributed by atoms with Crippen LogP contribution in [0.3, 0.4) is 0 Å². The number of carboxylic acid groups (broad SMARTS) is 1. The largest absolute Gasteiger partial charge is 0.497 e. The van der Waals surface area contributed by atoms with E-state index in [4.69, 9.17) is 9.84 Å². The lowest BCUT2D eigenvalue weighted by atomic mass is 10.1. The lowest BCUT2D eigenvalue weighted by Crippen LogP contribution is -2.30. The van der Waals surface area contributed by atoms with Gasteiger partial charge in [-0.05, 0) is 30.7 Å². The number of aliphatic hydroxyl groups excluding tert-OH is 1. The summed E-state index contributed by atoms with van der Waals surface area (Å²) >= 11 is 0. The lowest BCUT2D eigenvalue weighted by Gasteiger charge is -2.09. The molecule has 3 N–H and O–H groups in total. The van der Waals surface area contributed by atoms with Crippen LogP contribution in [0.2, 0.25) is 0 Å². The van der Waals surface area contributed by atoms with Gasteiger partial charge in [-0.1, -0.05) is 12.1 Å². The summed E-state index contributed by atoms with van der Waals surface area (Å²) in [6.07, 6.45) is -0.267. The summed E-state index contributed by atoms with van der Waals surface area (Å²) in [4.78, 5) is 10.3. The summed E-state index contributed by atoms with van der Waals surface area (Å²) in [5, 5.41) is 20.8. The van der Waals surface area contributed by atoms with Crippen LogP contribution in [-0.4, -0.2) is 42.5 Å². The Morgan fingerprint density at radius 3 is 2.94 bits per heavy atom. The molecule has 0 aromatic heterocycles. The molecule has 0 saturated carbocycles. The molecule has 0 amide bonds. The maximum atomic E-state index is 10.3. The summed E-state index contributed by atoms with van der Waals surface area (Å²) < 4.78 is 5.12. The number of nitrogens with one attached hydrogen (secondary N) is 1. The van der Waals surface area contributed by atoms with E-state index in [0.717, 1.165) is 17.7 Å². The average Bonchev–Trinajstić information content (AvgIpc) is 2.34. The van der Waals surface area contributed by atoms with Crippen molar-refractivity contribution < 1.29 is 19.7 Å². The fraction of sp³-hybridized carbons (Fsp3) is 0.462. The zero-order valence-electron chi connectivity index (χ0n) is 10.4. The molecular formula is C13H19NO4. The molecule has 0 aliphatic heterocycles. The second kappa shape index (κ2) is 7.68. The summed E-state index contributed by atoms with van der Waals surface area (Å²) in [5.74, 6) is -0.171. The monoisotopic (exact) mass is 253 g/mol. The summed E-state index contributed by atoms with van der Waals surface area (Å²) in [5.41, 5.74) is 1.13. The molecule has 1 rings (SSSR count). The van der Waals surface area contributed by atoms with E-state index in [0.29, 0.717) is 6.54 Å².